The summed E-state index contributed by atoms with van der Waals surface area (Å²) in [6, 6.07) is 10.6. The minimum Gasteiger partial charge on any atom is -0.329 e. The summed E-state index contributed by atoms with van der Waals surface area (Å²) >= 11 is 0. The number of rotatable bonds is 4. The number of sulfonamides is 1. The van der Waals surface area contributed by atoms with Crippen LogP contribution in [0.1, 0.15) is 11.1 Å². The van der Waals surface area contributed by atoms with Gasteiger partial charge in [0.05, 0.1) is 26.2 Å². The van der Waals surface area contributed by atoms with Crippen LogP contribution in [0.2, 0.25) is 0 Å². The summed E-state index contributed by atoms with van der Waals surface area (Å²) in [5.74, 6) is -1.68. The van der Waals surface area contributed by atoms with E-state index in [9.17, 15) is 17.2 Å². The van der Waals surface area contributed by atoms with Gasteiger partial charge in [0.2, 0.25) is 10.0 Å². The molecule has 1 N–H and O–H groups in total. The third-order valence-corrected chi connectivity index (χ3v) is 6.56. The molecule has 1 aliphatic heterocycles. The number of hydrogen-bond acceptors (Lipinski definition) is 2. The molecule has 0 atom stereocenters. The van der Waals surface area contributed by atoms with Gasteiger partial charge in [-0.05, 0) is 30.7 Å². The number of hydrogen-bond donors (Lipinski definition) is 1. The number of nitrogens with one attached hydrogen (secondary N) is 1. The van der Waals surface area contributed by atoms with Crippen LogP contribution in [0.15, 0.2) is 47.4 Å². The summed E-state index contributed by atoms with van der Waals surface area (Å²) in [5.41, 5.74) is 2.46. The molecule has 1 saturated heterocycles. The first-order valence-corrected chi connectivity index (χ1v) is 9.65. The van der Waals surface area contributed by atoms with Gasteiger partial charge in [-0.2, -0.15) is 4.31 Å². The van der Waals surface area contributed by atoms with Crippen molar-refractivity contribution in [2.24, 2.45) is 0 Å². The van der Waals surface area contributed by atoms with Crippen LogP contribution in [0, 0.1) is 18.6 Å². The van der Waals surface area contributed by atoms with Crippen molar-refractivity contribution in [1.29, 1.82) is 0 Å². The van der Waals surface area contributed by atoms with E-state index < -0.39 is 26.6 Å². The van der Waals surface area contributed by atoms with Crippen molar-refractivity contribution in [2.45, 2.75) is 18.4 Å². The second-order valence-electron chi connectivity index (χ2n) is 6.33. The number of nitrogens with zero attached hydrogens (tertiary/aromatic N) is 1. The summed E-state index contributed by atoms with van der Waals surface area (Å²) < 4.78 is 53.6. The fourth-order valence-corrected chi connectivity index (χ4v) is 4.63. The first-order chi connectivity index (χ1) is 11.9. The Morgan fingerprint density at radius 3 is 2.44 bits per heavy atom. The van der Waals surface area contributed by atoms with Gasteiger partial charge in [0.15, 0.2) is 0 Å². The Labute approximate surface area is 146 Å². The first-order valence-electron chi connectivity index (χ1n) is 8.21. The molecule has 0 spiro atoms. The summed E-state index contributed by atoms with van der Waals surface area (Å²) in [6.07, 6.45) is 0. The minimum absolute atomic E-state index is 0.291. The lowest BCUT2D eigenvalue weighted by atomic mass is 10.1. The highest BCUT2D eigenvalue weighted by Gasteiger charge is 2.32. The van der Waals surface area contributed by atoms with Gasteiger partial charge >= 0.3 is 0 Å². The second-order valence-corrected chi connectivity index (χ2v) is 8.24. The molecule has 0 aliphatic carbocycles. The Bertz CT molecular complexity index is 863. The molecule has 0 radical (unpaired) electrons. The van der Waals surface area contributed by atoms with Crippen LogP contribution in [0.25, 0.3) is 0 Å². The van der Waals surface area contributed by atoms with E-state index in [2.05, 4.69) is 19.1 Å². The third-order valence-electron chi connectivity index (χ3n) is 4.64. The van der Waals surface area contributed by atoms with Gasteiger partial charge in [-0.1, -0.05) is 24.3 Å². The van der Waals surface area contributed by atoms with Crippen LogP contribution in [-0.2, 0) is 16.6 Å². The van der Waals surface area contributed by atoms with Crippen molar-refractivity contribution < 1.29 is 22.1 Å². The van der Waals surface area contributed by atoms with Crippen molar-refractivity contribution in [3.8, 4) is 0 Å². The van der Waals surface area contributed by atoms with Crippen molar-refractivity contribution >= 4 is 10.0 Å². The Kier molecular flexibility index (Phi) is 5.17. The molecule has 1 heterocycles. The Balaban J connectivity index is 1.69. The number of aryl methyl sites for hydroxylation is 1. The lowest BCUT2D eigenvalue weighted by Gasteiger charge is -2.31. The molecule has 0 amide bonds. The quantitative estimate of drug-likeness (QED) is 0.887. The van der Waals surface area contributed by atoms with Gasteiger partial charge in [0.25, 0.3) is 0 Å². The SMILES string of the molecule is Cc1ccccc1C[NH+]1CCN(S(=O)(=O)c2cc(F)ccc2F)CC1. The lowest BCUT2D eigenvalue weighted by molar-refractivity contribution is -0.917. The van der Waals surface area contributed by atoms with Gasteiger partial charge in [-0.15, -0.1) is 0 Å². The summed E-state index contributed by atoms with van der Waals surface area (Å²) in [4.78, 5) is 0.690. The highest BCUT2D eigenvalue weighted by molar-refractivity contribution is 7.89. The summed E-state index contributed by atoms with van der Waals surface area (Å²) in [6.45, 7) is 4.73. The molecule has 7 heteroatoms. The topological polar surface area (TPSA) is 41.8 Å². The summed E-state index contributed by atoms with van der Waals surface area (Å²) in [7, 11) is -4.01. The zero-order chi connectivity index (χ0) is 18.0. The van der Waals surface area contributed by atoms with Crippen LogP contribution in [0.4, 0.5) is 8.78 Å². The molecule has 134 valence electrons. The van der Waals surface area contributed by atoms with Crippen LogP contribution in [0.5, 0.6) is 0 Å². The molecular weight excluding hydrogens is 346 g/mol. The lowest BCUT2D eigenvalue weighted by Crippen LogP contribution is -3.13. The maximum Gasteiger partial charge on any atom is 0.246 e. The van der Waals surface area contributed by atoms with E-state index in [-0.39, 0.29) is 0 Å². The van der Waals surface area contributed by atoms with Crippen molar-refractivity contribution in [2.75, 3.05) is 26.2 Å². The summed E-state index contributed by atoms with van der Waals surface area (Å²) in [5, 5.41) is 0. The van der Waals surface area contributed by atoms with Crippen LogP contribution >= 0.6 is 0 Å². The molecule has 0 unspecified atom stereocenters. The van der Waals surface area contributed by atoms with E-state index in [1.54, 1.807) is 0 Å². The van der Waals surface area contributed by atoms with Crippen LogP contribution in [-0.4, -0.2) is 38.9 Å². The molecule has 0 saturated carbocycles. The molecule has 25 heavy (non-hydrogen) atoms. The molecule has 0 aromatic heterocycles. The Morgan fingerprint density at radius 1 is 1.08 bits per heavy atom. The van der Waals surface area contributed by atoms with E-state index >= 15 is 0 Å². The highest BCUT2D eigenvalue weighted by Crippen LogP contribution is 2.20. The highest BCUT2D eigenvalue weighted by atomic mass is 32.2. The van der Waals surface area contributed by atoms with Gasteiger partial charge in [0.1, 0.15) is 23.1 Å². The molecule has 2 aromatic carbocycles. The normalized spacial score (nSPS) is 16.9. The van der Waals surface area contributed by atoms with E-state index in [1.807, 2.05) is 12.1 Å². The Hall–Kier alpha value is -1.83. The molecular formula is C18H21F2N2O2S+. The predicted octanol–water partition coefficient (Wildman–Crippen LogP) is 1.36. The fraction of sp³-hybridized carbons (Fsp3) is 0.333. The fourth-order valence-electron chi connectivity index (χ4n) is 3.11. The number of piperazine rings is 1. The molecule has 4 nitrogen and oxygen atoms in total. The Morgan fingerprint density at radius 2 is 1.76 bits per heavy atom. The van der Waals surface area contributed by atoms with Crippen LogP contribution in [0.3, 0.4) is 0 Å². The number of benzene rings is 2. The monoisotopic (exact) mass is 367 g/mol. The van der Waals surface area contributed by atoms with E-state index in [4.69, 9.17) is 0 Å². The van der Waals surface area contributed by atoms with Gasteiger partial charge in [0, 0.05) is 5.56 Å². The van der Waals surface area contributed by atoms with Crippen LogP contribution < -0.4 is 4.90 Å². The van der Waals surface area contributed by atoms with Gasteiger partial charge in [-0.25, -0.2) is 17.2 Å². The smallest absolute Gasteiger partial charge is 0.246 e. The standard InChI is InChI=1S/C18H20F2N2O2S/c1-14-4-2-3-5-15(14)13-21-8-10-22(11-9-21)25(23,24)18-12-16(19)6-7-17(18)20/h2-7,12H,8-11,13H2,1H3/p+1. The van der Waals surface area contributed by atoms with Crippen molar-refractivity contribution in [3.05, 3.63) is 65.2 Å². The minimum atomic E-state index is -4.01. The zero-order valence-electron chi connectivity index (χ0n) is 14.0. The van der Waals surface area contributed by atoms with Gasteiger partial charge in [-0.3, -0.25) is 0 Å². The zero-order valence-corrected chi connectivity index (χ0v) is 14.8. The maximum absolute atomic E-state index is 13.9. The number of quaternary nitrogens is 1. The van der Waals surface area contributed by atoms with E-state index in [1.165, 1.54) is 20.3 Å². The average molecular weight is 367 g/mol. The van der Waals surface area contributed by atoms with E-state index in [0.29, 0.717) is 26.2 Å². The van der Waals surface area contributed by atoms with Gasteiger partial charge < -0.3 is 4.90 Å². The molecule has 2 aromatic rings. The first kappa shape index (κ1) is 18.0. The maximum atomic E-state index is 13.9. The molecule has 0 bridgehead atoms. The molecule has 1 aliphatic rings. The van der Waals surface area contributed by atoms with Crippen molar-refractivity contribution in [1.82, 2.24) is 4.31 Å². The molecule has 1 fully saturated rings. The van der Waals surface area contributed by atoms with E-state index in [0.717, 1.165) is 24.7 Å². The third kappa shape index (κ3) is 3.89. The largest absolute Gasteiger partial charge is 0.329 e. The average Bonchev–Trinajstić information content (AvgIpc) is 2.59. The number of halogens is 2. The van der Waals surface area contributed by atoms with Crippen molar-refractivity contribution in [3.63, 3.8) is 0 Å². The molecule has 3 rings (SSSR count). The second kappa shape index (κ2) is 7.19. The predicted molar refractivity (Wildman–Crippen MR) is 90.7 cm³/mol.